The van der Waals surface area contributed by atoms with Gasteiger partial charge in [-0.25, -0.2) is 17.5 Å². The number of nitro groups is 1. The highest BCUT2D eigenvalue weighted by Crippen LogP contribution is 2.27. The summed E-state index contributed by atoms with van der Waals surface area (Å²) in [5, 5.41) is 13.1. The molecule has 0 aliphatic rings. The van der Waals surface area contributed by atoms with E-state index in [0.717, 1.165) is 22.5 Å². The number of halogens is 1. The monoisotopic (exact) mass is 455 g/mol. The Bertz CT molecular complexity index is 1100. The maximum absolute atomic E-state index is 12.3. The Labute approximate surface area is 177 Å². The molecule has 1 amide bonds. The van der Waals surface area contributed by atoms with Gasteiger partial charge in [0.2, 0.25) is 10.0 Å². The first-order valence-corrected chi connectivity index (χ1v) is 10.2. The number of anilines is 1. The molecule has 1 unspecified atom stereocenters. The Balaban J connectivity index is 2.11. The van der Waals surface area contributed by atoms with Crippen LogP contribution in [0, 0.1) is 10.1 Å². The molecule has 0 spiro atoms. The Morgan fingerprint density at radius 2 is 1.87 bits per heavy atom. The molecule has 0 radical (unpaired) electrons. The number of ether oxygens (including phenoxy) is 1. The first kappa shape index (κ1) is 23.3. The Morgan fingerprint density at radius 1 is 1.20 bits per heavy atom. The summed E-state index contributed by atoms with van der Waals surface area (Å²) in [6, 6.07) is 8.71. The zero-order valence-electron chi connectivity index (χ0n) is 16.2. The van der Waals surface area contributed by atoms with Crippen molar-refractivity contribution in [1.29, 1.82) is 0 Å². The summed E-state index contributed by atoms with van der Waals surface area (Å²) in [5.41, 5.74) is -0.190. The third-order valence-electron chi connectivity index (χ3n) is 3.92. The van der Waals surface area contributed by atoms with Crippen LogP contribution in [-0.4, -0.2) is 49.7 Å². The van der Waals surface area contributed by atoms with Gasteiger partial charge in [0.1, 0.15) is 0 Å². The molecule has 0 aliphatic carbocycles. The average molecular weight is 456 g/mol. The lowest BCUT2D eigenvalue weighted by atomic mass is 10.2. The minimum absolute atomic E-state index is 0.0501. The highest BCUT2D eigenvalue weighted by molar-refractivity contribution is 7.89. The molecule has 30 heavy (non-hydrogen) atoms. The van der Waals surface area contributed by atoms with E-state index in [2.05, 4.69) is 5.32 Å². The van der Waals surface area contributed by atoms with Crippen molar-refractivity contribution in [2.45, 2.75) is 17.9 Å². The number of hydrogen-bond donors (Lipinski definition) is 1. The SMILES string of the molecule is CC(OC(=O)c1cccc(S(=O)(=O)N(C)C)c1)C(=O)Nc1ccc([N+](=O)[O-])cc1Cl. The number of nitrogens with zero attached hydrogens (tertiary/aromatic N) is 2. The van der Waals surface area contributed by atoms with Crippen molar-refractivity contribution >= 4 is 44.9 Å². The normalized spacial score (nSPS) is 12.3. The van der Waals surface area contributed by atoms with Crippen LogP contribution < -0.4 is 5.32 Å². The molecule has 2 rings (SSSR count). The van der Waals surface area contributed by atoms with Gasteiger partial charge in [0.05, 0.1) is 26.1 Å². The lowest BCUT2D eigenvalue weighted by Gasteiger charge is -2.15. The van der Waals surface area contributed by atoms with Gasteiger partial charge < -0.3 is 10.1 Å². The molecule has 2 aromatic carbocycles. The minimum atomic E-state index is -3.75. The molecule has 0 saturated carbocycles. The van der Waals surface area contributed by atoms with Gasteiger partial charge in [-0.05, 0) is 31.2 Å². The molecule has 0 aliphatic heterocycles. The molecule has 0 saturated heterocycles. The van der Waals surface area contributed by atoms with Gasteiger partial charge in [0.25, 0.3) is 11.6 Å². The summed E-state index contributed by atoms with van der Waals surface area (Å²) in [6.45, 7) is 1.31. The Hall–Kier alpha value is -3.02. The van der Waals surface area contributed by atoms with Crippen molar-refractivity contribution in [3.8, 4) is 0 Å². The maximum atomic E-state index is 12.3. The van der Waals surface area contributed by atoms with E-state index in [9.17, 15) is 28.1 Å². The third kappa shape index (κ3) is 5.32. The molecule has 0 aromatic heterocycles. The molecule has 160 valence electrons. The summed E-state index contributed by atoms with van der Waals surface area (Å²) in [7, 11) is -1.03. The van der Waals surface area contributed by atoms with Gasteiger partial charge >= 0.3 is 5.97 Å². The number of hydrogen-bond acceptors (Lipinski definition) is 7. The van der Waals surface area contributed by atoms with Crippen LogP contribution >= 0.6 is 11.6 Å². The summed E-state index contributed by atoms with van der Waals surface area (Å²) in [5.74, 6) is -1.63. The van der Waals surface area contributed by atoms with Gasteiger partial charge in [-0.3, -0.25) is 14.9 Å². The number of amides is 1. The Kier molecular flexibility index (Phi) is 7.13. The molecule has 12 heteroatoms. The van der Waals surface area contributed by atoms with Crippen molar-refractivity contribution in [2.24, 2.45) is 0 Å². The van der Waals surface area contributed by atoms with Gasteiger partial charge in [0, 0.05) is 26.2 Å². The molecule has 0 fully saturated rings. The Morgan fingerprint density at radius 3 is 2.43 bits per heavy atom. The van der Waals surface area contributed by atoms with Crippen LogP contribution in [0.3, 0.4) is 0 Å². The topological polar surface area (TPSA) is 136 Å². The lowest BCUT2D eigenvalue weighted by Crippen LogP contribution is -2.30. The number of benzene rings is 2. The van der Waals surface area contributed by atoms with E-state index in [-0.39, 0.29) is 26.9 Å². The highest BCUT2D eigenvalue weighted by atomic mass is 35.5. The second kappa shape index (κ2) is 9.20. The average Bonchev–Trinajstić information content (AvgIpc) is 2.69. The van der Waals surface area contributed by atoms with Crippen LogP contribution in [0.25, 0.3) is 0 Å². The summed E-state index contributed by atoms with van der Waals surface area (Å²) in [6.07, 6.45) is -1.25. The number of nitrogens with one attached hydrogen (secondary N) is 1. The van der Waals surface area contributed by atoms with Gasteiger partial charge in [-0.1, -0.05) is 17.7 Å². The number of carbonyl (C=O) groups excluding carboxylic acids is 2. The molecule has 2 aromatic rings. The fourth-order valence-electron chi connectivity index (χ4n) is 2.23. The van der Waals surface area contributed by atoms with Gasteiger partial charge in [-0.15, -0.1) is 0 Å². The van der Waals surface area contributed by atoms with E-state index in [1.54, 1.807) is 0 Å². The third-order valence-corrected chi connectivity index (χ3v) is 6.05. The first-order valence-electron chi connectivity index (χ1n) is 8.42. The van der Waals surface area contributed by atoms with E-state index in [1.807, 2.05) is 0 Å². The van der Waals surface area contributed by atoms with E-state index in [0.29, 0.717) is 0 Å². The van der Waals surface area contributed by atoms with Crippen LogP contribution in [0.5, 0.6) is 0 Å². The fraction of sp³-hybridized carbons (Fsp3) is 0.222. The number of sulfonamides is 1. The quantitative estimate of drug-likeness (QED) is 0.385. The predicted molar refractivity (Wildman–Crippen MR) is 109 cm³/mol. The van der Waals surface area contributed by atoms with E-state index < -0.39 is 32.9 Å². The number of esters is 1. The van der Waals surface area contributed by atoms with Gasteiger partial charge in [0.15, 0.2) is 6.10 Å². The van der Waals surface area contributed by atoms with Crippen LogP contribution in [-0.2, 0) is 19.6 Å². The summed E-state index contributed by atoms with van der Waals surface area (Å²) >= 11 is 5.92. The summed E-state index contributed by atoms with van der Waals surface area (Å²) < 4.78 is 30.5. The second-order valence-electron chi connectivity index (χ2n) is 6.27. The molecule has 0 heterocycles. The lowest BCUT2D eigenvalue weighted by molar-refractivity contribution is -0.384. The fourth-order valence-corrected chi connectivity index (χ4v) is 3.40. The highest BCUT2D eigenvalue weighted by Gasteiger charge is 2.23. The summed E-state index contributed by atoms with van der Waals surface area (Å²) in [4.78, 5) is 34.6. The number of rotatable bonds is 7. The largest absolute Gasteiger partial charge is 0.449 e. The van der Waals surface area contributed by atoms with E-state index >= 15 is 0 Å². The predicted octanol–water partition coefficient (Wildman–Crippen LogP) is 2.68. The second-order valence-corrected chi connectivity index (χ2v) is 8.83. The zero-order valence-corrected chi connectivity index (χ0v) is 17.7. The molecule has 1 N–H and O–H groups in total. The van der Waals surface area contributed by atoms with E-state index in [1.165, 1.54) is 45.3 Å². The zero-order chi connectivity index (χ0) is 22.6. The smallest absolute Gasteiger partial charge is 0.338 e. The van der Waals surface area contributed by atoms with Crippen molar-refractivity contribution in [1.82, 2.24) is 4.31 Å². The van der Waals surface area contributed by atoms with Crippen molar-refractivity contribution in [3.05, 3.63) is 63.2 Å². The first-order chi connectivity index (χ1) is 13.9. The minimum Gasteiger partial charge on any atom is -0.449 e. The van der Waals surface area contributed by atoms with E-state index in [4.69, 9.17) is 16.3 Å². The standard InChI is InChI=1S/C18H18ClN3O7S/c1-11(17(23)20-16-8-7-13(22(25)26)10-15(16)19)29-18(24)12-5-4-6-14(9-12)30(27,28)21(2)3/h4-11H,1-3H3,(H,20,23). The van der Waals surface area contributed by atoms with Crippen molar-refractivity contribution in [2.75, 3.05) is 19.4 Å². The molecule has 1 atom stereocenters. The molecule has 0 bridgehead atoms. The molecule has 10 nitrogen and oxygen atoms in total. The van der Waals surface area contributed by atoms with Crippen LogP contribution in [0.2, 0.25) is 5.02 Å². The van der Waals surface area contributed by atoms with Crippen molar-refractivity contribution < 1.29 is 27.7 Å². The van der Waals surface area contributed by atoms with Crippen LogP contribution in [0.4, 0.5) is 11.4 Å². The number of nitro benzene ring substituents is 1. The van der Waals surface area contributed by atoms with Crippen LogP contribution in [0.1, 0.15) is 17.3 Å². The molecular formula is C18H18ClN3O7S. The van der Waals surface area contributed by atoms with Gasteiger partial charge in [-0.2, -0.15) is 0 Å². The van der Waals surface area contributed by atoms with Crippen LogP contribution in [0.15, 0.2) is 47.4 Å². The van der Waals surface area contributed by atoms with Crippen molar-refractivity contribution in [3.63, 3.8) is 0 Å². The maximum Gasteiger partial charge on any atom is 0.338 e. The number of non-ortho nitro benzene ring substituents is 1. The number of carbonyl (C=O) groups is 2. The molecular weight excluding hydrogens is 438 g/mol.